The van der Waals surface area contributed by atoms with Gasteiger partial charge in [0.2, 0.25) is 0 Å². The van der Waals surface area contributed by atoms with Crippen LogP contribution in [0.2, 0.25) is 5.02 Å². The van der Waals surface area contributed by atoms with E-state index in [2.05, 4.69) is 25.7 Å². The van der Waals surface area contributed by atoms with E-state index in [4.69, 9.17) is 16.3 Å². The fourth-order valence-electron chi connectivity index (χ4n) is 3.53. The highest BCUT2D eigenvalue weighted by Gasteiger charge is 2.21. The lowest BCUT2D eigenvalue weighted by atomic mass is 10.1. The number of pyridine rings is 1. The number of halogens is 2. The lowest BCUT2D eigenvalue weighted by molar-refractivity contribution is 0.0873. The van der Waals surface area contributed by atoms with Crippen LogP contribution in [0.3, 0.4) is 0 Å². The number of anilines is 1. The van der Waals surface area contributed by atoms with Crippen molar-refractivity contribution in [3.8, 4) is 11.3 Å². The van der Waals surface area contributed by atoms with Crippen LogP contribution in [0.1, 0.15) is 37.0 Å². The van der Waals surface area contributed by atoms with Crippen LogP contribution in [0, 0.1) is 5.92 Å². The molecule has 0 aromatic carbocycles. The third-order valence-corrected chi connectivity index (χ3v) is 5.65. The molecule has 3 aromatic rings. The summed E-state index contributed by atoms with van der Waals surface area (Å²) in [6.45, 7) is 4.79. The molecule has 0 spiro atoms. The first kappa shape index (κ1) is 22.4. The lowest BCUT2D eigenvalue weighted by Gasteiger charge is -2.25. The molecular formula is C22H26ClFN6O2. The van der Waals surface area contributed by atoms with Crippen LogP contribution in [-0.2, 0) is 4.74 Å². The van der Waals surface area contributed by atoms with Gasteiger partial charge in [0.05, 0.1) is 46.5 Å². The molecule has 0 radical (unpaired) electrons. The van der Waals surface area contributed by atoms with E-state index in [1.54, 1.807) is 43.0 Å². The number of hydrogen-bond donors (Lipinski definition) is 2. The molecule has 0 bridgehead atoms. The normalized spacial score (nSPS) is 17.5. The highest BCUT2D eigenvalue weighted by molar-refractivity contribution is 6.30. The fourth-order valence-corrected chi connectivity index (χ4v) is 3.67. The van der Waals surface area contributed by atoms with E-state index in [-0.39, 0.29) is 24.4 Å². The van der Waals surface area contributed by atoms with Crippen molar-refractivity contribution in [2.24, 2.45) is 5.92 Å². The Bertz CT molecular complexity index is 1100. The van der Waals surface area contributed by atoms with E-state index >= 15 is 0 Å². The molecule has 1 saturated heterocycles. The first-order valence-corrected chi connectivity index (χ1v) is 11.1. The molecule has 2 atom stereocenters. The average Bonchev–Trinajstić information content (AvgIpc) is 3.20. The van der Waals surface area contributed by atoms with Crippen molar-refractivity contribution in [1.82, 2.24) is 24.9 Å². The molecule has 1 fully saturated rings. The van der Waals surface area contributed by atoms with Crippen LogP contribution in [0.25, 0.3) is 16.9 Å². The summed E-state index contributed by atoms with van der Waals surface area (Å²) in [5.41, 5.74) is 2.87. The van der Waals surface area contributed by atoms with Crippen molar-refractivity contribution in [3.05, 3.63) is 41.4 Å². The summed E-state index contributed by atoms with van der Waals surface area (Å²) in [4.78, 5) is 21.7. The van der Waals surface area contributed by atoms with E-state index in [9.17, 15) is 9.18 Å². The van der Waals surface area contributed by atoms with E-state index in [1.165, 1.54) is 6.20 Å². The number of nitrogens with zero attached hydrogens (tertiary/aromatic N) is 4. The molecule has 0 saturated carbocycles. The van der Waals surface area contributed by atoms with E-state index < -0.39 is 6.17 Å². The zero-order chi connectivity index (χ0) is 22.7. The van der Waals surface area contributed by atoms with Gasteiger partial charge >= 0.3 is 0 Å². The molecule has 4 heterocycles. The van der Waals surface area contributed by atoms with Crippen LogP contribution in [0.4, 0.5) is 10.1 Å². The molecule has 0 aliphatic carbocycles. The Balaban J connectivity index is 1.65. The van der Waals surface area contributed by atoms with Gasteiger partial charge in [-0.25, -0.2) is 13.9 Å². The van der Waals surface area contributed by atoms with E-state index in [0.717, 1.165) is 19.4 Å². The third-order valence-electron chi connectivity index (χ3n) is 5.45. The third kappa shape index (κ3) is 4.99. The molecule has 3 aromatic heterocycles. The van der Waals surface area contributed by atoms with Crippen molar-refractivity contribution >= 4 is 28.8 Å². The number of carbonyl (C=O) groups excluding carboxylic acids is 1. The van der Waals surface area contributed by atoms with Gasteiger partial charge in [-0.3, -0.25) is 9.78 Å². The molecule has 1 aliphatic rings. The zero-order valence-electron chi connectivity index (χ0n) is 18.0. The zero-order valence-corrected chi connectivity index (χ0v) is 18.8. The van der Waals surface area contributed by atoms with E-state index in [1.807, 2.05) is 0 Å². The Morgan fingerprint density at radius 3 is 2.94 bits per heavy atom. The molecule has 1 amide bonds. The smallest absolute Gasteiger partial charge is 0.255 e. The minimum Gasteiger partial charge on any atom is -0.379 e. The number of alkyl halides is 1. The summed E-state index contributed by atoms with van der Waals surface area (Å²) in [5.74, 6) is -0.555. The van der Waals surface area contributed by atoms with Gasteiger partial charge in [-0.1, -0.05) is 25.4 Å². The Morgan fingerprint density at radius 1 is 1.34 bits per heavy atom. The number of hydrogen-bond acceptors (Lipinski definition) is 6. The van der Waals surface area contributed by atoms with Crippen molar-refractivity contribution in [1.29, 1.82) is 0 Å². The maximum Gasteiger partial charge on any atom is 0.255 e. The Morgan fingerprint density at radius 2 is 2.19 bits per heavy atom. The fraction of sp³-hybridized carbons (Fsp3) is 0.455. The predicted molar refractivity (Wildman–Crippen MR) is 121 cm³/mol. The Labute approximate surface area is 190 Å². The maximum atomic E-state index is 14.0. The average molecular weight is 461 g/mol. The number of rotatable bonds is 7. The lowest BCUT2D eigenvalue weighted by Crippen LogP contribution is -2.34. The van der Waals surface area contributed by atoms with Crippen LogP contribution in [0.15, 0.2) is 30.9 Å². The van der Waals surface area contributed by atoms with Crippen LogP contribution < -0.4 is 10.6 Å². The standard InChI is InChI=1S/C22H26ClFN6O2/c1-13(2)18(24)10-27-22(31)17-8-25-19(6-20(17)29-15-4-3-5-32-12-15)16-9-28-30-11-14(23)7-26-21(16)30/h6-9,11,13,15,18H,3-5,10,12H2,1-2H3,(H,25,29)(H,27,31). The van der Waals surface area contributed by atoms with Gasteiger partial charge in [-0.2, -0.15) is 5.10 Å². The summed E-state index contributed by atoms with van der Waals surface area (Å²) >= 11 is 6.00. The topological polar surface area (TPSA) is 93.4 Å². The Kier molecular flexibility index (Phi) is 6.86. The molecule has 32 heavy (non-hydrogen) atoms. The number of nitrogens with one attached hydrogen (secondary N) is 2. The van der Waals surface area contributed by atoms with Crippen LogP contribution in [-0.4, -0.2) is 57.5 Å². The second-order valence-corrected chi connectivity index (χ2v) is 8.68. The molecule has 2 N–H and O–H groups in total. The Hall–Kier alpha value is -2.78. The summed E-state index contributed by atoms with van der Waals surface area (Å²) in [5, 5.41) is 10.9. The molecule has 2 unspecified atom stereocenters. The van der Waals surface area contributed by atoms with Gasteiger partial charge < -0.3 is 15.4 Å². The molecule has 8 nitrogen and oxygen atoms in total. The first-order valence-electron chi connectivity index (χ1n) is 10.7. The quantitative estimate of drug-likeness (QED) is 0.557. The summed E-state index contributed by atoms with van der Waals surface area (Å²) in [6, 6.07) is 1.86. The van der Waals surface area contributed by atoms with Crippen molar-refractivity contribution in [2.75, 3.05) is 25.1 Å². The highest BCUT2D eigenvalue weighted by atomic mass is 35.5. The summed E-state index contributed by atoms with van der Waals surface area (Å²) < 4.78 is 21.2. The van der Waals surface area contributed by atoms with Crippen molar-refractivity contribution < 1.29 is 13.9 Å². The molecule has 10 heteroatoms. The molecule has 170 valence electrons. The van der Waals surface area contributed by atoms with Crippen molar-refractivity contribution in [3.63, 3.8) is 0 Å². The van der Waals surface area contributed by atoms with Gasteiger partial charge in [-0.15, -0.1) is 0 Å². The number of aromatic nitrogens is 4. The van der Waals surface area contributed by atoms with Gasteiger partial charge in [0, 0.05) is 31.6 Å². The monoisotopic (exact) mass is 460 g/mol. The summed E-state index contributed by atoms with van der Waals surface area (Å²) in [6.07, 6.45) is 7.11. The van der Waals surface area contributed by atoms with Crippen LogP contribution in [0.5, 0.6) is 0 Å². The number of carbonyl (C=O) groups is 1. The van der Waals surface area contributed by atoms with Gasteiger partial charge in [-0.05, 0) is 24.8 Å². The molecule has 1 aliphatic heterocycles. The number of ether oxygens (including phenoxy) is 1. The first-order chi connectivity index (χ1) is 15.4. The van der Waals surface area contributed by atoms with Crippen LogP contribution >= 0.6 is 11.6 Å². The summed E-state index contributed by atoms with van der Waals surface area (Å²) in [7, 11) is 0. The van der Waals surface area contributed by atoms with Gasteiger partial charge in [0.25, 0.3) is 5.91 Å². The number of fused-ring (bicyclic) bond motifs is 1. The largest absolute Gasteiger partial charge is 0.379 e. The molecular weight excluding hydrogens is 435 g/mol. The molecule has 4 rings (SSSR count). The maximum absolute atomic E-state index is 14.0. The SMILES string of the molecule is CC(C)C(F)CNC(=O)c1cnc(-c2cnn3cc(Cl)cnc23)cc1NC1CCCOC1. The minimum atomic E-state index is -1.12. The highest BCUT2D eigenvalue weighted by Crippen LogP contribution is 2.28. The number of amides is 1. The second-order valence-electron chi connectivity index (χ2n) is 8.24. The minimum absolute atomic E-state index is 0.0526. The van der Waals surface area contributed by atoms with Gasteiger partial charge in [0.1, 0.15) is 6.17 Å². The van der Waals surface area contributed by atoms with Crippen molar-refractivity contribution in [2.45, 2.75) is 38.9 Å². The predicted octanol–water partition coefficient (Wildman–Crippen LogP) is 3.76. The van der Waals surface area contributed by atoms with Gasteiger partial charge in [0.15, 0.2) is 5.65 Å². The van der Waals surface area contributed by atoms with E-state index in [0.29, 0.717) is 39.8 Å². The second kappa shape index (κ2) is 9.79.